The van der Waals surface area contributed by atoms with Crippen LogP contribution in [0.2, 0.25) is 0 Å². The zero-order chi connectivity index (χ0) is 14.5. The van der Waals surface area contributed by atoms with Crippen molar-refractivity contribution in [2.45, 2.75) is 6.04 Å². The van der Waals surface area contributed by atoms with E-state index in [4.69, 9.17) is 9.47 Å². The largest absolute Gasteiger partial charge is 0.496 e. The normalized spacial score (nSPS) is 16.2. The van der Waals surface area contributed by atoms with Gasteiger partial charge in [-0.2, -0.15) is 0 Å². The molecule has 1 saturated heterocycles. The van der Waals surface area contributed by atoms with Crippen LogP contribution >= 0.6 is 40.7 Å². The molecule has 1 aliphatic heterocycles. The molecular weight excluding hydrogens is 398 g/mol. The Morgan fingerprint density at radius 1 is 1.18 bits per heavy atom. The van der Waals surface area contributed by atoms with Crippen molar-refractivity contribution in [3.8, 4) is 11.5 Å². The van der Waals surface area contributed by atoms with Gasteiger partial charge in [-0.15, -0.1) is 24.8 Å². The summed E-state index contributed by atoms with van der Waals surface area (Å²) in [5.41, 5.74) is 0.831. The number of alkyl halides is 1. The zero-order valence-corrected chi connectivity index (χ0v) is 15.8. The molecule has 0 saturated carbocycles. The zero-order valence-electron chi connectivity index (χ0n) is 12.6. The van der Waals surface area contributed by atoms with E-state index in [1.165, 1.54) is 0 Å². The summed E-state index contributed by atoms with van der Waals surface area (Å²) in [6.45, 7) is 2.98. The van der Waals surface area contributed by atoms with Crippen molar-refractivity contribution in [2.75, 3.05) is 47.1 Å². The highest BCUT2D eigenvalue weighted by Crippen LogP contribution is 2.38. The standard InChI is InChI=1S/C14H20BrFN2O2.2ClH/c1-19-13-8-11(15)14(20-2)7-10(13)12(9-16)18-5-3-17-4-6-18;;/h7-8,12,17H,3-6,9H2,1-2H3;2*1H/t12-;;/m0../s1. The predicted octanol–water partition coefficient (Wildman–Crippen LogP) is 3.23. The fourth-order valence-electron chi connectivity index (χ4n) is 2.52. The van der Waals surface area contributed by atoms with Crippen molar-refractivity contribution in [1.29, 1.82) is 0 Å². The Kier molecular flexibility index (Phi) is 10.4. The Morgan fingerprint density at radius 2 is 1.77 bits per heavy atom. The van der Waals surface area contributed by atoms with Crippen LogP contribution in [0.15, 0.2) is 16.6 Å². The van der Waals surface area contributed by atoms with Gasteiger partial charge in [0.15, 0.2) is 0 Å². The summed E-state index contributed by atoms with van der Waals surface area (Å²) >= 11 is 3.43. The van der Waals surface area contributed by atoms with Gasteiger partial charge >= 0.3 is 0 Å². The fraction of sp³-hybridized carbons (Fsp3) is 0.571. The molecule has 1 aromatic rings. The van der Waals surface area contributed by atoms with E-state index in [1.54, 1.807) is 14.2 Å². The molecule has 128 valence electrons. The summed E-state index contributed by atoms with van der Waals surface area (Å²) in [6, 6.07) is 3.39. The second-order valence-corrected chi connectivity index (χ2v) is 5.54. The van der Waals surface area contributed by atoms with Crippen LogP contribution in [0.5, 0.6) is 11.5 Å². The van der Waals surface area contributed by atoms with Crippen LogP contribution in [0.1, 0.15) is 11.6 Å². The van der Waals surface area contributed by atoms with Crippen molar-refractivity contribution in [3.63, 3.8) is 0 Å². The quantitative estimate of drug-likeness (QED) is 0.794. The lowest BCUT2D eigenvalue weighted by molar-refractivity contribution is 0.145. The lowest BCUT2D eigenvalue weighted by Crippen LogP contribution is -2.45. The summed E-state index contributed by atoms with van der Waals surface area (Å²) in [5.74, 6) is 1.37. The number of nitrogens with one attached hydrogen (secondary N) is 1. The van der Waals surface area contributed by atoms with Gasteiger partial charge in [0.1, 0.15) is 18.2 Å². The molecule has 2 rings (SSSR count). The van der Waals surface area contributed by atoms with Gasteiger partial charge in [0.25, 0.3) is 0 Å². The highest BCUT2D eigenvalue weighted by atomic mass is 79.9. The number of nitrogens with zero attached hydrogens (tertiary/aromatic N) is 1. The first kappa shape index (κ1) is 21.7. The smallest absolute Gasteiger partial charge is 0.133 e. The number of halogens is 4. The van der Waals surface area contributed by atoms with Crippen molar-refractivity contribution in [2.24, 2.45) is 0 Å². The van der Waals surface area contributed by atoms with E-state index in [2.05, 4.69) is 26.1 Å². The molecule has 0 spiro atoms. The molecule has 22 heavy (non-hydrogen) atoms. The van der Waals surface area contributed by atoms with Gasteiger partial charge in [-0.1, -0.05) is 0 Å². The number of hydrogen-bond acceptors (Lipinski definition) is 4. The highest BCUT2D eigenvalue weighted by Gasteiger charge is 2.26. The van der Waals surface area contributed by atoms with Gasteiger partial charge in [-0.25, -0.2) is 4.39 Å². The summed E-state index contributed by atoms with van der Waals surface area (Å²) < 4.78 is 25.1. The Hall–Kier alpha value is -0.270. The molecule has 1 fully saturated rings. The molecule has 0 aliphatic carbocycles. The molecule has 0 amide bonds. The van der Waals surface area contributed by atoms with E-state index in [0.717, 1.165) is 36.2 Å². The molecule has 1 aliphatic rings. The van der Waals surface area contributed by atoms with E-state index in [9.17, 15) is 4.39 Å². The maximum atomic E-state index is 13.6. The summed E-state index contributed by atoms with van der Waals surface area (Å²) in [6.07, 6.45) is 0. The fourth-order valence-corrected chi connectivity index (χ4v) is 3.00. The first-order chi connectivity index (χ1) is 9.71. The van der Waals surface area contributed by atoms with Crippen molar-refractivity contribution >= 4 is 40.7 Å². The lowest BCUT2D eigenvalue weighted by Gasteiger charge is -2.34. The third-order valence-corrected chi connectivity index (χ3v) is 4.22. The van der Waals surface area contributed by atoms with Crippen LogP contribution < -0.4 is 14.8 Å². The Morgan fingerprint density at radius 3 is 2.27 bits per heavy atom. The number of rotatable bonds is 5. The first-order valence-electron chi connectivity index (χ1n) is 6.63. The minimum absolute atomic E-state index is 0. The minimum atomic E-state index is -0.443. The van der Waals surface area contributed by atoms with Gasteiger partial charge in [-0.05, 0) is 28.1 Å². The van der Waals surface area contributed by atoms with Crippen LogP contribution in [0.4, 0.5) is 4.39 Å². The van der Waals surface area contributed by atoms with Gasteiger partial charge in [0.2, 0.25) is 0 Å². The van der Waals surface area contributed by atoms with Gasteiger partial charge < -0.3 is 14.8 Å². The molecule has 1 heterocycles. The second kappa shape index (κ2) is 10.5. The predicted molar refractivity (Wildman–Crippen MR) is 94.9 cm³/mol. The number of hydrogen-bond donors (Lipinski definition) is 1. The van der Waals surface area contributed by atoms with E-state index in [-0.39, 0.29) is 30.9 Å². The molecule has 4 nitrogen and oxygen atoms in total. The van der Waals surface area contributed by atoms with E-state index in [1.807, 2.05) is 12.1 Å². The Bertz CT molecular complexity index is 463. The molecule has 0 aromatic heterocycles. The molecule has 1 aromatic carbocycles. The lowest BCUT2D eigenvalue weighted by atomic mass is 10.0. The van der Waals surface area contributed by atoms with Crippen molar-refractivity contribution < 1.29 is 13.9 Å². The van der Waals surface area contributed by atoms with E-state index >= 15 is 0 Å². The summed E-state index contributed by atoms with van der Waals surface area (Å²) in [5, 5.41) is 3.28. The summed E-state index contributed by atoms with van der Waals surface area (Å²) in [4.78, 5) is 2.14. The maximum absolute atomic E-state index is 13.6. The number of benzene rings is 1. The molecule has 1 atom stereocenters. The molecule has 0 unspecified atom stereocenters. The first-order valence-corrected chi connectivity index (χ1v) is 7.42. The van der Waals surface area contributed by atoms with E-state index < -0.39 is 6.67 Å². The molecule has 8 heteroatoms. The average Bonchev–Trinajstić information content (AvgIpc) is 2.50. The van der Waals surface area contributed by atoms with Gasteiger partial charge in [0.05, 0.1) is 24.7 Å². The topological polar surface area (TPSA) is 33.7 Å². The van der Waals surface area contributed by atoms with Crippen LogP contribution in [0.3, 0.4) is 0 Å². The van der Waals surface area contributed by atoms with Crippen LogP contribution in [-0.2, 0) is 0 Å². The monoisotopic (exact) mass is 418 g/mol. The number of ether oxygens (including phenoxy) is 2. The van der Waals surface area contributed by atoms with Gasteiger partial charge in [-0.3, -0.25) is 4.90 Å². The SMILES string of the molecule is COc1cc([C@H](CF)N2CCNCC2)c(OC)cc1Br.Cl.Cl. The third-order valence-electron chi connectivity index (χ3n) is 3.60. The van der Waals surface area contributed by atoms with E-state index in [0.29, 0.717) is 11.5 Å². The molecule has 1 N–H and O–H groups in total. The summed E-state index contributed by atoms with van der Waals surface area (Å²) in [7, 11) is 3.20. The maximum Gasteiger partial charge on any atom is 0.133 e. The number of methoxy groups -OCH3 is 2. The Labute approximate surface area is 151 Å². The Balaban J connectivity index is 0.00000220. The second-order valence-electron chi connectivity index (χ2n) is 4.68. The molecular formula is C14H22BrCl2FN2O2. The van der Waals surface area contributed by atoms with Crippen LogP contribution in [-0.4, -0.2) is 52.0 Å². The van der Waals surface area contributed by atoms with Crippen molar-refractivity contribution in [3.05, 3.63) is 22.2 Å². The van der Waals surface area contributed by atoms with Crippen LogP contribution in [0, 0.1) is 0 Å². The molecule has 0 radical (unpaired) electrons. The third kappa shape index (κ3) is 4.86. The van der Waals surface area contributed by atoms with Crippen molar-refractivity contribution in [1.82, 2.24) is 10.2 Å². The van der Waals surface area contributed by atoms with Gasteiger partial charge in [0, 0.05) is 31.7 Å². The highest BCUT2D eigenvalue weighted by molar-refractivity contribution is 9.10. The minimum Gasteiger partial charge on any atom is -0.496 e. The number of piperazine rings is 1. The molecule has 0 bridgehead atoms. The van der Waals surface area contributed by atoms with Crippen LogP contribution in [0.25, 0.3) is 0 Å². The average molecular weight is 420 g/mol.